The fraction of sp³-hybridized carbons (Fsp3) is 0.238. The number of sulfone groups is 1. The SMILES string of the molecule is CCOC(=O)C1=C(CS(=O)(=O)c2ccc(C)cc2)NC(=O)NC1c1ccc(Cl)cc1Cl. The summed E-state index contributed by atoms with van der Waals surface area (Å²) in [5.41, 5.74) is 1.17. The highest BCUT2D eigenvalue weighted by Gasteiger charge is 2.36. The lowest BCUT2D eigenvalue weighted by molar-refractivity contribution is -0.139. The van der Waals surface area contributed by atoms with Crippen molar-refractivity contribution in [2.45, 2.75) is 24.8 Å². The van der Waals surface area contributed by atoms with Crippen molar-refractivity contribution in [3.63, 3.8) is 0 Å². The smallest absolute Gasteiger partial charge is 0.338 e. The molecule has 164 valence electrons. The third-order valence-corrected chi connectivity index (χ3v) is 6.86. The van der Waals surface area contributed by atoms with E-state index in [9.17, 15) is 18.0 Å². The number of carbonyl (C=O) groups excluding carboxylic acids is 2. The van der Waals surface area contributed by atoms with E-state index in [1.807, 2.05) is 6.92 Å². The van der Waals surface area contributed by atoms with E-state index in [-0.39, 0.29) is 27.8 Å². The van der Waals surface area contributed by atoms with Crippen LogP contribution in [0.1, 0.15) is 24.1 Å². The van der Waals surface area contributed by atoms with Crippen LogP contribution in [-0.2, 0) is 19.4 Å². The summed E-state index contributed by atoms with van der Waals surface area (Å²) in [6, 6.07) is 9.21. The second-order valence-electron chi connectivity index (χ2n) is 6.88. The molecule has 2 aromatic carbocycles. The van der Waals surface area contributed by atoms with Crippen LogP contribution in [0.5, 0.6) is 0 Å². The molecule has 3 rings (SSSR count). The van der Waals surface area contributed by atoms with Gasteiger partial charge in [0.15, 0.2) is 9.84 Å². The monoisotopic (exact) mass is 482 g/mol. The number of amides is 2. The number of nitrogens with one attached hydrogen (secondary N) is 2. The Morgan fingerprint density at radius 2 is 1.81 bits per heavy atom. The Morgan fingerprint density at radius 1 is 1.13 bits per heavy atom. The summed E-state index contributed by atoms with van der Waals surface area (Å²) < 4.78 is 31.1. The average molecular weight is 483 g/mol. The van der Waals surface area contributed by atoms with Gasteiger partial charge in [0.25, 0.3) is 0 Å². The van der Waals surface area contributed by atoms with Crippen LogP contribution in [0.2, 0.25) is 10.0 Å². The minimum absolute atomic E-state index is 0.0404. The molecule has 2 N–H and O–H groups in total. The van der Waals surface area contributed by atoms with Gasteiger partial charge in [-0.15, -0.1) is 0 Å². The third-order valence-electron chi connectivity index (χ3n) is 4.64. The Labute approximate surface area is 190 Å². The molecule has 0 aliphatic carbocycles. The van der Waals surface area contributed by atoms with E-state index in [4.69, 9.17) is 27.9 Å². The molecule has 0 radical (unpaired) electrons. The quantitative estimate of drug-likeness (QED) is 0.606. The van der Waals surface area contributed by atoms with Crippen LogP contribution in [0.15, 0.2) is 58.6 Å². The van der Waals surface area contributed by atoms with Gasteiger partial charge in [0, 0.05) is 15.7 Å². The van der Waals surface area contributed by atoms with Crippen LogP contribution in [-0.4, -0.2) is 32.8 Å². The Hall–Kier alpha value is -2.55. The van der Waals surface area contributed by atoms with E-state index in [0.29, 0.717) is 10.6 Å². The first-order valence-corrected chi connectivity index (χ1v) is 11.7. The second-order valence-corrected chi connectivity index (χ2v) is 9.72. The van der Waals surface area contributed by atoms with E-state index >= 15 is 0 Å². The lowest BCUT2D eigenvalue weighted by Crippen LogP contribution is -2.47. The topological polar surface area (TPSA) is 102 Å². The molecule has 0 bridgehead atoms. The first-order valence-electron chi connectivity index (χ1n) is 9.34. The lowest BCUT2D eigenvalue weighted by atomic mass is 9.95. The van der Waals surface area contributed by atoms with Gasteiger partial charge in [0.2, 0.25) is 0 Å². The number of esters is 1. The van der Waals surface area contributed by atoms with Crippen LogP contribution in [0, 0.1) is 6.92 Å². The molecule has 2 aromatic rings. The van der Waals surface area contributed by atoms with Gasteiger partial charge in [-0.25, -0.2) is 18.0 Å². The van der Waals surface area contributed by atoms with E-state index in [1.54, 1.807) is 31.2 Å². The maximum Gasteiger partial charge on any atom is 0.338 e. The summed E-state index contributed by atoms with van der Waals surface area (Å²) in [4.78, 5) is 25.2. The Bertz CT molecular complexity index is 1160. The standard InChI is InChI=1S/C21H20Cl2N2O5S/c1-3-30-20(26)18-17(11-31(28,29)14-7-4-12(2)5-8-14)24-21(27)25-19(18)15-9-6-13(22)10-16(15)23/h4-10,19H,3,11H2,1-2H3,(H2,24,25,27). The number of urea groups is 1. The molecule has 1 heterocycles. The van der Waals surface area contributed by atoms with Gasteiger partial charge >= 0.3 is 12.0 Å². The summed E-state index contributed by atoms with van der Waals surface area (Å²) >= 11 is 12.3. The van der Waals surface area contributed by atoms with Crippen LogP contribution >= 0.6 is 23.2 Å². The van der Waals surface area contributed by atoms with Gasteiger partial charge in [0.05, 0.1) is 28.9 Å². The Kier molecular flexibility index (Phi) is 6.93. The zero-order valence-electron chi connectivity index (χ0n) is 16.7. The van der Waals surface area contributed by atoms with Crippen molar-refractivity contribution < 1.29 is 22.7 Å². The van der Waals surface area contributed by atoms with Crippen LogP contribution in [0.3, 0.4) is 0 Å². The van der Waals surface area contributed by atoms with E-state index < -0.39 is 33.6 Å². The number of benzene rings is 2. The molecule has 0 saturated carbocycles. The number of rotatable bonds is 6. The van der Waals surface area contributed by atoms with E-state index in [2.05, 4.69) is 10.6 Å². The first kappa shape index (κ1) is 23.1. The summed E-state index contributed by atoms with van der Waals surface area (Å²) in [6.07, 6.45) is 0. The minimum Gasteiger partial charge on any atom is -0.463 e. The number of hydrogen-bond acceptors (Lipinski definition) is 5. The fourth-order valence-corrected chi connectivity index (χ4v) is 5.01. The summed E-state index contributed by atoms with van der Waals surface area (Å²) in [7, 11) is -3.87. The van der Waals surface area contributed by atoms with Crippen molar-refractivity contribution in [2.75, 3.05) is 12.4 Å². The van der Waals surface area contributed by atoms with Crippen molar-refractivity contribution in [3.05, 3.63) is 74.9 Å². The molecule has 7 nitrogen and oxygen atoms in total. The molecule has 1 aliphatic heterocycles. The highest BCUT2D eigenvalue weighted by atomic mass is 35.5. The van der Waals surface area contributed by atoms with Gasteiger partial charge < -0.3 is 15.4 Å². The summed E-state index contributed by atoms with van der Waals surface area (Å²) in [6.45, 7) is 3.53. The van der Waals surface area contributed by atoms with Crippen LogP contribution < -0.4 is 10.6 Å². The minimum atomic E-state index is -3.87. The highest BCUT2D eigenvalue weighted by Crippen LogP contribution is 2.34. The van der Waals surface area contributed by atoms with Gasteiger partial charge in [0.1, 0.15) is 0 Å². The average Bonchev–Trinajstić information content (AvgIpc) is 2.67. The maximum atomic E-state index is 13.0. The number of hydrogen-bond donors (Lipinski definition) is 2. The number of carbonyl (C=O) groups is 2. The second kappa shape index (κ2) is 9.30. The van der Waals surface area contributed by atoms with Crippen molar-refractivity contribution in [1.82, 2.24) is 10.6 Å². The largest absolute Gasteiger partial charge is 0.463 e. The van der Waals surface area contributed by atoms with E-state index in [1.165, 1.54) is 18.2 Å². The van der Waals surface area contributed by atoms with E-state index in [0.717, 1.165) is 5.56 Å². The predicted octanol–water partition coefficient (Wildman–Crippen LogP) is 3.95. The van der Waals surface area contributed by atoms with Crippen molar-refractivity contribution >= 4 is 45.0 Å². The van der Waals surface area contributed by atoms with Crippen LogP contribution in [0.25, 0.3) is 0 Å². The molecule has 1 atom stereocenters. The van der Waals surface area contributed by atoms with Gasteiger partial charge in [-0.2, -0.15) is 0 Å². The maximum absolute atomic E-state index is 13.0. The molecular weight excluding hydrogens is 463 g/mol. The lowest BCUT2D eigenvalue weighted by Gasteiger charge is -2.29. The summed E-state index contributed by atoms with van der Waals surface area (Å²) in [5, 5.41) is 5.65. The highest BCUT2D eigenvalue weighted by molar-refractivity contribution is 7.91. The predicted molar refractivity (Wildman–Crippen MR) is 118 cm³/mol. The Morgan fingerprint density at radius 3 is 2.42 bits per heavy atom. The van der Waals surface area contributed by atoms with Gasteiger partial charge in [-0.3, -0.25) is 0 Å². The molecule has 31 heavy (non-hydrogen) atoms. The normalized spacial score (nSPS) is 16.5. The number of ether oxygens (including phenoxy) is 1. The van der Waals surface area contributed by atoms with Crippen LogP contribution in [0.4, 0.5) is 4.79 Å². The molecule has 1 aliphatic rings. The van der Waals surface area contributed by atoms with Crippen molar-refractivity contribution in [2.24, 2.45) is 0 Å². The van der Waals surface area contributed by atoms with Crippen molar-refractivity contribution in [1.29, 1.82) is 0 Å². The number of aryl methyl sites for hydroxylation is 1. The van der Waals surface area contributed by atoms with Gasteiger partial charge in [-0.05, 0) is 43.7 Å². The zero-order valence-corrected chi connectivity index (χ0v) is 19.1. The van der Waals surface area contributed by atoms with Crippen molar-refractivity contribution in [3.8, 4) is 0 Å². The fourth-order valence-electron chi connectivity index (χ4n) is 3.17. The number of halogens is 2. The molecule has 0 spiro atoms. The van der Waals surface area contributed by atoms with Gasteiger partial charge in [-0.1, -0.05) is 47.0 Å². The molecule has 0 aromatic heterocycles. The third kappa shape index (κ3) is 5.20. The summed E-state index contributed by atoms with van der Waals surface area (Å²) in [5.74, 6) is -1.36. The molecule has 2 amide bonds. The zero-order chi connectivity index (χ0) is 22.8. The first-order chi connectivity index (χ1) is 14.6. The molecule has 0 saturated heterocycles. The molecule has 1 unspecified atom stereocenters. The molecule has 10 heteroatoms. The molecular formula is C21H20Cl2N2O5S. The molecule has 0 fully saturated rings. The Balaban J connectivity index is 2.12.